The van der Waals surface area contributed by atoms with Gasteiger partial charge in [0, 0.05) is 13.6 Å². The maximum atomic E-state index is 4.41. The van der Waals surface area contributed by atoms with Gasteiger partial charge in [-0.3, -0.25) is 0 Å². The second-order valence-electron chi connectivity index (χ2n) is 5.20. The van der Waals surface area contributed by atoms with Crippen molar-refractivity contribution in [1.82, 2.24) is 14.9 Å². The Bertz CT molecular complexity index is 711. The lowest BCUT2D eigenvalue weighted by Gasteiger charge is -2.05. The van der Waals surface area contributed by atoms with E-state index in [0.717, 1.165) is 18.5 Å². The normalized spacial score (nSPS) is 11.1. The fourth-order valence-corrected chi connectivity index (χ4v) is 2.51. The number of fused-ring (bicyclic) bond motifs is 1. The molecule has 3 rings (SSSR count). The maximum Gasteiger partial charge on any atom is 0.0955 e. The van der Waals surface area contributed by atoms with E-state index in [0.29, 0.717) is 0 Å². The van der Waals surface area contributed by atoms with Gasteiger partial charge >= 0.3 is 0 Å². The van der Waals surface area contributed by atoms with Crippen molar-refractivity contribution in [2.24, 2.45) is 7.05 Å². The molecule has 20 heavy (non-hydrogen) atoms. The van der Waals surface area contributed by atoms with Crippen LogP contribution in [0.1, 0.15) is 16.7 Å². The molecule has 0 aliphatic rings. The van der Waals surface area contributed by atoms with Gasteiger partial charge in [-0.25, -0.2) is 4.98 Å². The zero-order chi connectivity index (χ0) is 13.9. The van der Waals surface area contributed by atoms with Crippen LogP contribution in [0.4, 0.5) is 0 Å². The molecule has 0 aliphatic carbocycles. The van der Waals surface area contributed by atoms with Crippen molar-refractivity contribution in [2.45, 2.75) is 13.0 Å². The minimum atomic E-state index is 0.917. The predicted molar refractivity (Wildman–Crippen MR) is 82.7 cm³/mol. The van der Waals surface area contributed by atoms with Crippen LogP contribution in [-0.4, -0.2) is 16.6 Å². The fraction of sp³-hybridized carbons (Fsp3) is 0.235. The summed E-state index contributed by atoms with van der Waals surface area (Å²) in [5, 5.41) is 3.17. The number of rotatable bonds is 4. The Morgan fingerprint density at radius 3 is 2.45 bits per heavy atom. The zero-order valence-electron chi connectivity index (χ0n) is 11.9. The van der Waals surface area contributed by atoms with Crippen LogP contribution >= 0.6 is 0 Å². The molecule has 1 aromatic heterocycles. The van der Waals surface area contributed by atoms with Crippen molar-refractivity contribution < 1.29 is 0 Å². The quantitative estimate of drug-likeness (QED) is 0.786. The molecule has 0 aliphatic heterocycles. The average molecular weight is 265 g/mol. The second kappa shape index (κ2) is 5.47. The lowest BCUT2D eigenvalue weighted by atomic mass is 10.0. The van der Waals surface area contributed by atoms with Gasteiger partial charge in [-0.05, 0) is 42.3 Å². The first-order valence-electron chi connectivity index (χ1n) is 6.88. The van der Waals surface area contributed by atoms with Crippen LogP contribution in [-0.2, 0) is 20.0 Å². The molecule has 0 bridgehead atoms. The van der Waals surface area contributed by atoms with Crippen LogP contribution in [0.2, 0.25) is 0 Å². The highest BCUT2D eigenvalue weighted by molar-refractivity contribution is 5.76. The number of aromatic nitrogens is 2. The molecule has 1 heterocycles. The number of nitrogens with one attached hydrogen (secondary N) is 1. The summed E-state index contributed by atoms with van der Waals surface area (Å²) < 4.78 is 2.05. The van der Waals surface area contributed by atoms with Crippen molar-refractivity contribution >= 4 is 11.0 Å². The van der Waals surface area contributed by atoms with E-state index in [4.69, 9.17) is 0 Å². The minimum Gasteiger partial charge on any atom is -0.334 e. The predicted octanol–water partition coefficient (Wildman–Crippen LogP) is 2.88. The van der Waals surface area contributed by atoms with Gasteiger partial charge in [-0.2, -0.15) is 0 Å². The molecule has 0 saturated carbocycles. The number of imidazole rings is 1. The molecule has 0 unspecified atom stereocenters. The zero-order valence-corrected chi connectivity index (χ0v) is 11.9. The van der Waals surface area contributed by atoms with E-state index in [1.54, 1.807) is 0 Å². The molecular weight excluding hydrogens is 246 g/mol. The highest BCUT2D eigenvalue weighted by Gasteiger charge is 2.02. The average Bonchev–Trinajstić information content (AvgIpc) is 2.83. The molecule has 2 aromatic carbocycles. The van der Waals surface area contributed by atoms with Crippen LogP contribution in [0, 0.1) is 0 Å². The lowest BCUT2D eigenvalue weighted by molar-refractivity contribution is 0.817. The summed E-state index contributed by atoms with van der Waals surface area (Å²) in [5.74, 6) is 0. The molecule has 0 atom stereocenters. The molecule has 3 aromatic rings. The molecule has 0 radical (unpaired) electrons. The number of hydrogen-bond donors (Lipinski definition) is 1. The third-order valence-corrected chi connectivity index (χ3v) is 3.60. The van der Waals surface area contributed by atoms with Gasteiger partial charge < -0.3 is 9.88 Å². The molecule has 0 amide bonds. The van der Waals surface area contributed by atoms with E-state index in [9.17, 15) is 0 Å². The number of hydrogen-bond acceptors (Lipinski definition) is 2. The smallest absolute Gasteiger partial charge is 0.0955 e. The second-order valence-corrected chi connectivity index (χ2v) is 5.20. The van der Waals surface area contributed by atoms with E-state index >= 15 is 0 Å². The highest BCUT2D eigenvalue weighted by Crippen LogP contribution is 2.17. The minimum absolute atomic E-state index is 0.917. The van der Waals surface area contributed by atoms with Crippen LogP contribution in [0.15, 0.2) is 48.8 Å². The largest absolute Gasteiger partial charge is 0.334 e. The summed E-state index contributed by atoms with van der Waals surface area (Å²) in [4.78, 5) is 4.41. The Morgan fingerprint density at radius 1 is 1.00 bits per heavy atom. The Labute approximate surface area is 119 Å². The summed E-state index contributed by atoms with van der Waals surface area (Å²) in [5.41, 5.74) is 6.20. The molecule has 3 nitrogen and oxygen atoms in total. The summed E-state index contributed by atoms with van der Waals surface area (Å²) in [7, 11) is 3.99. The Hall–Kier alpha value is -2.13. The van der Waals surface area contributed by atoms with Crippen molar-refractivity contribution in [2.75, 3.05) is 7.05 Å². The van der Waals surface area contributed by atoms with Gasteiger partial charge in [0.2, 0.25) is 0 Å². The van der Waals surface area contributed by atoms with Gasteiger partial charge in [-0.1, -0.05) is 30.3 Å². The maximum absolute atomic E-state index is 4.41. The van der Waals surface area contributed by atoms with Crippen LogP contribution in [0.3, 0.4) is 0 Å². The summed E-state index contributed by atoms with van der Waals surface area (Å²) in [6, 6.07) is 15.3. The van der Waals surface area contributed by atoms with Gasteiger partial charge in [0.1, 0.15) is 0 Å². The first kappa shape index (κ1) is 12.9. The SMILES string of the molecule is CNCc1ccc(Cc2ccc3c(c2)ncn3C)cc1. The van der Waals surface area contributed by atoms with E-state index in [2.05, 4.69) is 52.8 Å². The van der Waals surface area contributed by atoms with E-state index in [-0.39, 0.29) is 0 Å². The molecular formula is C17H19N3. The summed E-state index contributed by atoms with van der Waals surface area (Å²) in [6.45, 7) is 0.917. The Balaban J connectivity index is 1.81. The first-order chi connectivity index (χ1) is 9.76. The number of benzene rings is 2. The number of aryl methyl sites for hydroxylation is 1. The monoisotopic (exact) mass is 265 g/mol. The van der Waals surface area contributed by atoms with E-state index in [1.165, 1.54) is 22.2 Å². The van der Waals surface area contributed by atoms with Crippen molar-refractivity contribution in [1.29, 1.82) is 0 Å². The standard InChI is InChI=1S/C17H19N3/c1-18-11-14-5-3-13(4-6-14)9-15-7-8-17-16(10-15)19-12-20(17)2/h3-8,10,12,18H,9,11H2,1-2H3. The van der Waals surface area contributed by atoms with Crippen LogP contribution < -0.4 is 5.32 Å². The van der Waals surface area contributed by atoms with Gasteiger partial charge in [-0.15, -0.1) is 0 Å². The topological polar surface area (TPSA) is 29.9 Å². The molecule has 0 fully saturated rings. The fourth-order valence-electron chi connectivity index (χ4n) is 2.51. The molecule has 102 valence electrons. The summed E-state index contributed by atoms with van der Waals surface area (Å²) >= 11 is 0. The molecule has 3 heteroatoms. The van der Waals surface area contributed by atoms with Crippen molar-refractivity contribution in [3.8, 4) is 0 Å². The molecule has 0 spiro atoms. The highest BCUT2D eigenvalue weighted by atomic mass is 15.0. The van der Waals surface area contributed by atoms with E-state index in [1.807, 2.05) is 25.0 Å². The molecule has 0 saturated heterocycles. The van der Waals surface area contributed by atoms with Gasteiger partial charge in [0.15, 0.2) is 0 Å². The molecule has 1 N–H and O–H groups in total. The first-order valence-corrected chi connectivity index (χ1v) is 6.88. The third-order valence-electron chi connectivity index (χ3n) is 3.60. The van der Waals surface area contributed by atoms with Gasteiger partial charge in [0.25, 0.3) is 0 Å². The van der Waals surface area contributed by atoms with Crippen molar-refractivity contribution in [3.63, 3.8) is 0 Å². The van der Waals surface area contributed by atoms with Gasteiger partial charge in [0.05, 0.1) is 17.4 Å². The van der Waals surface area contributed by atoms with Crippen LogP contribution in [0.5, 0.6) is 0 Å². The van der Waals surface area contributed by atoms with E-state index < -0.39 is 0 Å². The lowest BCUT2D eigenvalue weighted by Crippen LogP contribution is -2.04. The Kier molecular flexibility index (Phi) is 3.52. The Morgan fingerprint density at radius 2 is 1.70 bits per heavy atom. The number of nitrogens with zero attached hydrogens (tertiary/aromatic N) is 2. The third kappa shape index (κ3) is 2.58. The summed E-state index contributed by atoms with van der Waals surface area (Å²) in [6.07, 6.45) is 2.81. The van der Waals surface area contributed by atoms with Crippen molar-refractivity contribution in [3.05, 3.63) is 65.5 Å². The van der Waals surface area contributed by atoms with Crippen LogP contribution in [0.25, 0.3) is 11.0 Å².